The van der Waals surface area contributed by atoms with E-state index in [9.17, 15) is 5.11 Å². The number of phenols is 1. The lowest BCUT2D eigenvalue weighted by atomic mass is 10.2. The molecule has 0 unspecified atom stereocenters. The Morgan fingerprint density at radius 1 is 1.11 bits per heavy atom. The van der Waals surface area contributed by atoms with Crippen LogP contribution in [0.5, 0.6) is 11.5 Å². The smallest absolute Gasteiger partial charge is 0.250 e. The second kappa shape index (κ2) is 11.4. The van der Waals surface area contributed by atoms with Gasteiger partial charge in [0.1, 0.15) is 0 Å². The van der Waals surface area contributed by atoms with Gasteiger partial charge in [0, 0.05) is 22.6 Å². The van der Waals surface area contributed by atoms with E-state index in [1.165, 1.54) is 7.11 Å². The van der Waals surface area contributed by atoms with Crippen LogP contribution in [-0.2, 0) is 4.74 Å². The number of nitrogens with zero attached hydrogens (tertiary/aromatic N) is 5. The third-order valence-electron chi connectivity index (χ3n) is 5.06. The van der Waals surface area contributed by atoms with E-state index in [-0.39, 0.29) is 11.7 Å². The van der Waals surface area contributed by atoms with E-state index in [1.54, 1.807) is 24.4 Å². The Bertz CT molecular complexity index is 1260. The summed E-state index contributed by atoms with van der Waals surface area (Å²) >= 11 is 13.2. The average Bonchev–Trinajstić information content (AvgIpc) is 2.85. The molecule has 0 saturated carbocycles. The van der Waals surface area contributed by atoms with Gasteiger partial charge in [-0.3, -0.25) is 0 Å². The third kappa shape index (κ3) is 6.31. The highest BCUT2D eigenvalue weighted by molar-refractivity contribution is 9.11. The molecule has 184 valence electrons. The number of hydrogen-bond donors (Lipinski definition) is 3. The molecule has 1 saturated heterocycles. The van der Waals surface area contributed by atoms with Gasteiger partial charge >= 0.3 is 0 Å². The molecular weight excluding hydrogens is 606 g/mol. The fourth-order valence-electron chi connectivity index (χ4n) is 3.23. The van der Waals surface area contributed by atoms with Gasteiger partial charge < -0.3 is 24.8 Å². The zero-order chi connectivity index (χ0) is 24.9. The molecular formula is C22H22Br2ClN7O3. The zero-order valence-electron chi connectivity index (χ0n) is 18.8. The van der Waals surface area contributed by atoms with Gasteiger partial charge in [0.15, 0.2) is 11.5 Å². The molecule has 0 amide bonds. The van der Waals surface area contributed by atoms with Crippen molar-refractivity contribution in [1.82, 2.24) is 15.0 Å². The highest BCUT2D eigenvalue weighted by atomic mass is 79.9. The number of hydrazone groups is 1. The van der Waals surface area contributed by atoms with E-state index >= 15 is 0 Å². The number of phenolic OH excluding ortho intramolecular Hbond substituents is 1. The number of aromatic hydroxyl groups is 1. The molecule has 0 bridgehead atoms. The van der Waals surface area contributed by atoms with Crippen molar-refractivity contribution in [2.45, 2.75) is 6.92 Å². The van der Waals surface area contributed by atoms with Crippen LogP contribution in [0.1, 0.15) is 11.1 Å². The number of anilines is 4. The summed E-state index contributed by atoms with van der Waals surface area (Å²) < 4.78 is 11.9. The van der Waals surface area contributed by atoms with Crippen LogP contribution in [0.2, 0.25) is 5.02 Å². The lowest BCUT2D eigenvalue weighted by Crippen LogP contribution is -2.37. The lowest BCUT2D eigenvalue weighted by Gasteiger charge is -2.27. The van der Waals surface area contributed by atoms with E-state index in [2.05, 4.69) is 62.7 Å². The number of morpholine rings is 1. The molecule has 35 heavy (non-hydrogen) atoms. The lowest BCUT2D eigenvalue weighted by molar-refractivity contribution is 0.122. The molecule has 4 rings (SSSR count). The van der Waals surface area contributed by atoms with E-state index in [0.717, 1.165) is 15.7 Å². The molecule has 1 aromatic heterocycles. The van der Waals surface area contributed by atoms with Crippen LogP contribution >= 0.6 is 43.5 Å². The fourth-order valence-corrected chi connectivity index (χ4v) is 4.41. The Labute approximate surface area is 224 Å². The quantitative estimate of drug-likeness (QED) is 0.243. The number of hydrogen-bond acceptors (Lipinski definition) is 10. The van der Waals surface area contributed by atoms with E-state index in [0.29, 0.717) is 59.0 Å². The van der Waals surface area contributed by atoms with Gasteiger partial charge in [0.2, 0.25) is 17.8 Å². The minimum Gasteiger partial charge on any atom is -0.503 e. The Balaban J connectivity index is 1.61. The average molecular weight is 628 g/mol. The second-order valence-electron chi connectivity index (χ2n) is 7.51. The maximum atomic E-state index is 9.99. The maximum Gasteiger partial charge on any atom is 0.250 e. The summed E-state index contributed by atoms with van der Waals surface area (Å²) in [6.45, 7) is 4.43. The molecule has 1 fully saturated rings. The number of benzene rings is 2. The van der Waals surface area contributed by atoms with E-state index in [1.807, 2.05) is 17.9 Å². The number of halogens is 3. The molecule has 0 spiro atoms. The van der Waals surface area contributed by atoms with E-state index in [4.69, 9.17) is 21.1 Å². The Morgan fingerprint density at radius 3 is 2.60 bits per heavy atom. The van der Waals surface area contributed by atoms with Crippen molar-refractivity contribution >= 4 is 73.2 Å². The Hall–Kier alpha value is -2.67. The predicted molar refractivity (Wildman–Crippen MR) is 144 cm³/mol. The van der Waals surface area contributed by atoms with Crippen molar-refractivity contribution in [1.29, 1.82) is 0 Å². The van der Waals surface area contributed by atoms with Crippen LogP contribution in [0.15, 0.2) is 38.3 Å². The molecule has 13 heteroatoms. The summed E-state index contributed by atoms with van der Waals surface area (Å²) in [4.78, 5) is 15.6. The molecule has 3 N–H and O–H groups in total. The summed E-state index contributed by atoms with van der Waals surface area (Å²) in [6.07, 6.45) is 1.56. The predicted octanol–water partition coefficient (Wildman–Crippen LogP) is 5.10. The minimum absolute atomic E-state index is 0.0170. The van der Waals surface area contributed by atoms with Gasteiger partial charge in [-0.1, -0.05) is 11.6 Å². The standard InChI is InChI=1S/C22H22Br2ClN7O3/c1-12-7-14(23)17(10-16(12)25)27-20-28-21(30-22(29-20)32-3-5-35-6-4-32)31-26-11-13-8-15(24)19(33)18(9-13)34-2/h7-11,33H,3-6H2,1-2H3,(H2,27,28,29,30,31)/b26-11+. The van der Waals surface area contributed by atoms with Crippen molar-refractivity contribution in [3.63, 3.8) is 0 Å². The second-order valence-corrected chi connectivity index (χ2v) is 9.63. The van der Waals surface area contributed by atoms with Crippen LogP contribution in [-0.4, -0.2) is 59.7 Å². The van der Waals surface area contributed by atoms with Gasteiger partial charge in [-0.2, -0.15) is 20.1 Å². The normalized spacial score (nSPS) is 13.8. The first-order valence-electron chi connectivity index (χ1n) is 10.5. The Kier molecular flexibility index (Phi) is 8.26. The van der Waals surface area contributed by atoms with Crippen molar-refractivity contribution in [2.75, 3.05) is 49.1 Å². The first kappa shape index (κ1) is 25.4. The first-order chi connectivity index (χ1) is 16.8. The number of aromatic nitrogens is 3. The van der Waals surface area contributed by atoms with Crippen LogP contribution in [0.25, 0.3) is 0 Å². The number of rotatable bonds is 7. The summed E-state index contributed by atoms with van der Waals surface area (Å²) in [5.74, 6) is 1.41. The molecule has 1 aliphatic rings. The van der Waals surface area contributed by atoms with Gasteiger partial charge in [-0.25, -0.2) is 5.43 Å². The SMILES string of the molecule is COc1cc(/C=N/Nc2nc(Nc3cc(Cl)c(C)cc3Br)nc(N3CCOCC3)n2)cc(Br)c1O. The zero-order valence-corrected chi connectivity index (χ0v) is 22.8. The minimum atomic E-state index is 0.0170. The molecule has 3 aromatic rings. The number of aryl methyl sites for hydroxylation is 1. The molecule has 2 heterocycles. The third-order valence-corrected chi connectivity index (χ3v) is 6.73. The first-order valence-corrected chi connectivity index (χ1v) is 12.5. The maximum absolute atomic E-state index is 9.99. The van der Waals surface area contributed by atoms with Crippen LogP contribution in [0.3, 0.4) is 0 Å². The van der Waals surface area contributed by atoms with Crippen LogP contribution < -0.4 is 20.4 Å². The monoisotopic (exact) mass is 625 g/mol. The fraction of sp³-hybridized carbons (Fsp3) is 0.273. The van der Waals surface area contributed by atoms with Gasteiger partial charge in [-0.15, -0.1) is 0 Å². The highest BCUT2D eigenvalue weighted by Gasteiger charge is 2.17. The number of methoxy groups -OCH3 is 1. The van der Waals surface area contributed by atoms with Gasteiger partial charge in [0.05, 0.1) is 36.7 Å². The molecule has 0 aliphatic carbocycles. The van der Waals surface area contributed by atoms with Crippen molar-refractivity contribution in [3.05, 3.63) is 49.4 Å². The molecule has 10 nitrogen and oxygen atoms in total. The summed E-state index contributed by atoms with van der Waals surface area (Å²) in [6, 6.07) is 7.09. The molecule has 0 radical (unpaired) electrons. The van der Waals surface area contributed by atoms with Crippen molar-refractivity contribution in [3.8, 4) is 11.5 Å². The van der Waals surface area contributed by atoms with Gasteiger partial charge in [0.25, 0.3) is 0 Å². The topological polar surface area (TPSA) is 117 Å². The largest absolute Gasteiger partial charge is 0.503 e. The molecule has 0 atom stereocenters. The molecule has 2 aromatic carbocycles. The number of ether oxygens (including phenoxy) is 2. The van der Waals surface area contributed by atoms with Crippen molar-refractivity contribution in [2.24, 2.45) is 5.10 Å². The van der Waals surface area contributed by atoms with Crippen LogP contribution in [0, 0.1) is 6.92 Å². The number of nitrogens with one attached hydrogen (secondary N) is 2. The van der Waals surface area contributed by atoms with Gasteiger partial charge in [-0.05, 0) is 74.2 Å². The highest BCUT2D eigenvalue weighted by Crippen LogP contribution is 2.35. The van der Waals surface area contributed by atoms with E-state index < -0.39 is 0 Å². The summed E-state index contributed by atoms with van der Waals surface area (Å²) in [5, 5.41) is 18.1. The molecule has 1 aliphatic heterocycles. The Morgan fingerprint density at radius 2 is 1.86 bits per heavy atom. The van der Waals surface area contributed by atoms with Crippen LogP contribution in [0.4, 0.5) is 23.5 Å². The summed E-state index contributed by atoms with van der Waals surface area (Å²) in [5.41, 5.74) is 5.22. The summed E-state index contributed by atoms with van der Waals surface area (Å²) in [7, 11) is 1.48. The van der Waals surface area contributed by atoms with Crippen molar-refractivity contribution < 1.29 is 14.6 Å².